The highest BCUT2D eigenvalue weighted by Crippen LogP contribution is 2.33. The Morgan fingerprint density at radius 3 is 2.46 bits per heavy atom. The number of nitrogens with zero attached hydrogens (tertiary/aromatic N) is 6. The van der Waals surface area contributed by atoms with Gasteiger partial charge in [-0.1, -0.05) is 19.1 Å². The third kappa shape index (κ3) is 3.32. The van der Waals surface area contributed by atoms with Gasteiger partial charge < -0.3 is 4.90 Å². The average Bonchev–Trinajstić information content (AvgIpc) is 3.04. The van der Waals surface area contributed by atoms with Crippen LogP contribution in [0.5, 0.6) is 0 Å². The van der Waals surface area contributed by atoms with Crippen molar-refractivity contribution in [2.24, 2.45) is 7.05 Å². The van der Waals surface area contributed by atoms with E-state index in [-0.39, 0.29) is 42.3 Å². The lowest BCUT2D eigenvalue weighted by Gasteiger charge is -2.34. The van der Waals surface area contributed by atoms with Gasteiger partial charge in [0, 0.05) is 33.2 Å². The fourth-order valence-corrected chi connectivity index (χ4v) is 4.97. The second-order valence-electron chi connectivity index (χ2n) is 6.35. The zero-order valence-electron chi connectivity index (χ0n) is 15.6. The van der Waals surface area contributed by atoms with Crippen LogP contribution in [0.4, 0.5) is 11.5 Å². The molecule has 2 aromatic rings. The lowest BCUT2D eigenvalue weighted by Crippen LogP contribution is -2.49. The van der Waals surface area contributed by atoms with E-state index in [9.17, 15) is 23.8 Å². The fraction of sp³-hybridized carbons (Fsp3) is 0.412. The molecule has 1 fully saturated rings. The van der Waals surface area contributed by atoms with Crippen molar-refractivity contribution in [3.05, 3.63) is 45.6 Å². The Kier molecular flexibility index (Phi) is 5.35. The van der Waals surface area contributed by atoms with E-state index < -0.39 is 14.9 Å². The Labute approximate surface area is 162 Å². The van der Waals surface area contributed by atoms with Crippen LogP contribution in [0.2, 0.25) is 0 Å². The van der Waals surface area contributed by atoms with Gasteiger partial charge in [0.05, 0.1) is 15.4 Å². The summed E-state index contributed by atoms with van der Waals surface area (Å²) in [5.74, 6) is 0.385. The number of hydrogen-bond donors (Lipinski definition) is 0. The third-order valence-electron chi connectivity index (χ3n) is 4.74. The summed E-state index contributed by atoms with van der Waals surface area (Å²) in [4.78, 5) is 12.8. The van der Waals surface area contributed by atoms with Crippen LogP contribution in [0, 0.1) is 21.4 Å². The predicted molar refractivity (Wildman–Crippen MR) is 101 cm³/mol. The largest absolute Gasteiger partial charge is 0.348 e. The first-order valence-corrected chi connectivity index (χ1v) is 10.2. The zero-order chi connectivity index (χ0) is 20.5. The number of sulfonamides is 1. The second kappa shape index (κ2) is 7.57. The molecule has 1 saturated heterocycles. The molecule has 28 heavy (non-hydrogen) atoms. The molecular weight excluding hydrogens is 384 g/mol. The minimum Gasteiger partial charge on any atom is -0.348 e. The average molecular weight is 404 g/mol. The van der Waals surface area contributed by atoms with E-state index in [1.165, 1.54) is 21.1 Å². The molecule has 0 radical (unpaired) electrons. The van der Waals surface area contributed by atoms with Crippen LogP contribution in [-0.4, -0.2) is 53.6 Å². The van der Waals surface area contributed by atoms with Crippen molar-refractivity contribution in [1.29, 1.82) is 5.26 Å². The summed E-state index contributed by atoms with van der Waals surface area (Å²) in [6.45, 7) is 2.70. The first-order valence-electron chi connectivity index (χ1n) is 8.75. The molecule has 1 aromatic carbocycles. The molecule has 1 aliphatic rings. The number of hydrogen-bond acceptors (Lipinski definition) is 7. The summed E-state index contributed by atoms with van der Waals surface area (Å²) in [7, 11) is -2.17. The molecule has 0 amide bonds. The Balaban J connectivity index is 1.85. The first kappa shape index (κ1) is 19.8. The van der Waals surface area contributed by atoms with Crippen molar-refractivity contribution in [3.63, 3.8) is 0 Å². The lowest BCUT2D eigenvalue weighted by molar-refractivity contribution is -0.384. The Hall–Kier alpha value is -2.97. The number of nitro groups is 1. The topological polar surface area (TPSA) is 125 Å². The molecule has 11 heteroatoms. The molecular formula is C17H20N6O4S. The molecule has 0 saturated carbocycles. The van der Waals surface area contributed by atoms with Crippen molar-refractivity contribution in [2.45, 2.75) is 18.2 Å². The van der Waals surface area contributed by atoms with Crippen LogP contribution >= 0.6 is 0 Å². The van der Waals surface area contributed by atoms with E-state index in [1.54, 1.807) is 31.0 Å². The summed E-state index contributed by atoms with van der Waals surface area (Å²) in [6, 6.07) is 7.98. The van der Waals surface area contributed by atoms with Crippen molar-refractivity contribution in [3.8, 4) is 6.07 Å². The summed E-state index contributed by atoms with van der Waals surface area (Å²) in [6.07, 6.45) is 0.434. The molecule has 0 atom stereocenters. The molecule has 0 aliphatic carbocycles. The van der Waals surface area contributed by atoms with Crippen LogP contribution in [-0.2, 0) is 23.5 Å². The van der Waals surface area contributed by atoms with Gasteiger partial charge in [-0.2, -0.15) is 14.7 Å². The van der Waals surface area contributed by atoms with Crippen LogP contribution in [0.25, 0.3) is 0 Å². The van der Waals surface area contributed by atoms with Crippen molar-refractivity contribution in [1.82, 2.24) is 14.1 Å². The molecule has 2 heterocycles. The number of anilines is 1. The van der Waals surface area contributed by atoms with Gasteiger partial charge in [-0.3, -0.25) is 10.1 Å². The molecule has 0 unspecified atom stereocenters. The lowest BCUT2D eigenvalue weighted by atomic mass is 10.2. The quantitative estimate of drug-likeness (QED) is 0.543. The van der Waals surface area contributed by atoms with Gasteiger partial charge in [-0.25, -0.2) is 13.1 Å². The molecule has 10 nitrogen and oxygen atoms in total. The molecule has 148 valence electrons. The van der Waals surface area contributed by atoms with Gasteiger partial charge in [-0.15, -0.1) is 0 Å². The number of benzene rings is 1. The van der Waals surface area contributed by atoms with E-state index in [2.05, 4.69) is 5.10 Å². The van der Waals surface area contributed by atoms with Crippen LogP contribution in [0.3, 0.4) is 0 Å². The minimum absolute atomic E-state index is 0.0225. The Bertz CT molecular complexity index is 1050. The number of aryl methyl sites for hydroxylation is 2. The fourth-order valence-electron chi connectivity index (χ4n) is 3.40. The van der Waals surface area contributed by atoms with Crippen molar-refractivity contribution >= 4 is 21.5 Å². The predicted octanol–water partition coefficient (Wildman–Crippen LogP) is 1.27. The minimum atomic E-state index is -3.82. The summed E-state index contributed by atoms with van der Waals surface area (Å²) >= 11 is 0. The smallest absolute Gasteiger partial charge is 0.334 e. The van der Waals surface area contributed by atoms with E-state index in [0.29, 0.717) is 17.9 Å². The van der Waals surface area contributed by atoms with Gasteiger partial charge in [0.25, 0.3) is 0 Å². The number of aromatic nitrogens is 2. The van der Waals surface area contributed by atoms with E-state index in [1.807, 2.05) is 6.07 Å². The summed E-state index contributed by atoms with van der Waals surface area (Å²) in [5.41, 5.74) is 0.469. The molecule has 0 N–H and O–H groups in total. The van der Waals surface area contributed by atoms with Gasteiger partial charge in [-0.05, 0) is 18.6 Å². The van der Waals surface area contributed by atoms with E-state index >= 15 is 0 Å². The maximum absolute atomic E-state index is 12.9. The van der Waals surface area contributed by atoms with Crippen LogP contribution in [0.1, 0.15) is 18.2 Å². The summed E-state index contributed by atoms with van der Waals surface area (Å²) < 4.78 is 28.7. The Morgan fingerprint density at radius 1 is 1.25 bits per heavy atom. The monoisotopic (exact) mass is 404 g/mol. The maximum atomic E-state index is 12.9. The summed E-state index contributed by atoms with van der Waals surface area (Å²) in [5, 5.41) is 24.9. The number of rotatable bonds is 5. The van der Waals surface area contributed by atoms with Crippen molar-refractivity contribution < 1.29 is 13.3 Å². The number of nitriles is 1. The molecule has 1 aromatic heterocycles. The second-order valence-corrected chi connectivity index (χ2v) is 8.26. The van der Waals surface area contributed by atoms with E-state index in [4.69, 9.17) is 0 Å². The zero-order valence-corrected chi connectivity index (χ0v) is 16.4. The van der Waals surface area contributed by atoms with E-state index in [0.717, 1.165) is 0 Å². The SMILES string of the molecule is CCc1nn(C)c(N2CCN(S(=O)(=O)c3ccccc3C#N)CC2)c1[N+](=O)[O-]. The Morgan fingerprint density at radius 2 is 1.89 bits per heavy atom. The molecule has 0 spiro atoms. The highest BCUT2D eigenvalue weighted by molar-refractivity contribution is 7.89. The van der Waals surface area contributed by atoms with Crippen molar-refractivity contribution in [2.75, 3.05) is 31.1 Å². The highest BCUT2D eigenvalue weighted by atomic mass is 32.2. The third-order valence-corrected chi connectivity index (χ3v) is 6.70. The van der Waals surface area contributed by atoms with Gasteiger partial charge in [0.15, 0.2) is 0 Å². The molecule has 1 aliphatic heterocycles. The first-order chi connectivity index (χ1) is 13.3. The van der Waals surface area contributed by atoms with Gasteiger partial charge in [0.2, 0.25) is 15.8 Å². The molecule has 0 bridgehead atoms. The van der Waals surface area contributed by atoms with Gasteiger partial charge >= 0.3 is 5.69 Å². The normalized spacial score (nSPS) is 15.4. The number of piperazine rings is 1. The molecule has 3 rings (SSSR count). The van der Waals surface area contributed by atoms with Crippen LogP contribution in [0.15, 0.2) is 29.2 Å². The highest BCUT2D eigenvalue weighted by Gasteiger charge is 2.35. The standard InChI is InChI=1S/C17H20N6O4S/c1-3-14-16(23(24)25)17(20(2)19-14)21-8-10-22(11-9-21)28(26,27)15-7-5-4-6-13(15)12-18/h4-7H,3,8-11H2,1-2H3. The van der Waals surface area contributed by atoms with Gasteiger partial charge in [0.1, 0.15) is 11.8 Å². The van der Waals surface area contributed by atoms with Crippen LogP contribution < -0.4 is 4.90 Å². The maximum Gasteiger partial charge on any atom is 0.334 e.